The van der Waals surface area contributed by atoms with Crippen LogP contribution in [0.1, 0.15) is 38.2 Å². The van der Waals surface area contributed by atoms with Crippen molar-refractivity contribution < 1.29 is 0 Å². The first-order valence-electron chi connectivity index (χ1n) is 5.09. The van der Waals surface area contributed by atoms with E-state index in [9.17, 15) is 0 Å². The Morgan fingerprint density at radius 3 is 2.92 bits per heavy atom. The molecule has 0 amide bonds. The molecule has 0 atom stereocenters. The second kappa shape index (κ2) is 2.86. The van der Waals surface area contributed by atoms with Gasteiger partial charge in [0.25, 0.3) is 0 Å². The van der Waals surface area contributed by atoms with Crippen LogP contribution in [0.5, 0.6) is 0 Å². The lowest BCUT2D eigenvalue weighted by Crippen LogP contribution is -2.11. The summed E-state index contributed by atoms with van der Waals surface area (Å²) >= 11 is 0. The largest absolute Gasteiger partial charge is 0.335 e. The predicted molar refractivity (Wildman–Crippen MR) is 53.7 cm³/mol. The van der Waals surface area contributed by atoms with Gasteiger partial charge in [-0.1, -0.05) is 13.8 Å². The molecule has 1 aromatic heterocycles. The van der Waals surface area contributed by atoms with Crippen molar-refractivity contribution in [3.8, 4) is 0 Å². The quantitative estimate of drug-likeness (QED) is 0.597. The smallest absolute Gasteiger partial charge is 0.108 e. The molecule has 2 rings (SSSR count). The number of imidazole rings is 1. The van der Waals surface area contributed by atoms with E-state index in [1.165, 1.54) is 18.7 Å². The van der Waals surface area contributed by atoms with Crippen molar-refractivity contribution in [2.24, 2.45) is 5.41 Å². The number of fused-ring (bicyclic) bond motifs is 1. The Bertz CT molecular complexity index is 282. The fourth-order valence-electron chi connectivity index (χ4n) is 1.99. The van der Waals surface area contributed by atoms with Crippen molar-refractivity contribution in [2.75, 3.05) is 0 Å². The van der Waals surface area contributed by atoms with Crippen molar-refractivity contribution in [3.63, 3.8) is 0 Å². The van der Waals surface area contributed by atoms with E-state index in [-0.39, 0.29) is 0 Å². The van der Waals surface area contributed by atoms with Crippen molar-refractivity contribution >= 4 is 0 Å². The monoisotopic (exact) mass is 178 g/mol. The van der Waals surface area contributed by atoms with Gasteiger partial charge in [-0.05, 0) is 25.2 Å². The highest BCUT2D eigenvalue weighted by Gasteiger charge is 2.22. The highest BCUT2D eigenvalue weighted by molar-refractivity contribution is 5.04. The lowest BCUT2D eigenvalue weighted by molar-refractivity contribution is 0.307. The van der Waals surface area contributed by atoms with E-state index in [1.54, 1.807) is 0 Å². The number of aromatic nitrogens is 2. The molecule has 0 bridgehead atoms. The zero-order valence-electron chi connectivity index (χ0n) is 8.80. The summed E-state index contributed by atoms with van der Waals surface area (Å²) in [6.45, 7) is 7.93. The van der Waals surface area contributed by atoms with E-state index in [0.717, 1.165) is 18.7 Å². The molecule has 0 saturated heterocycles. The average Bonchev–Trinajstić information content (AvgIpc) is 2.34. The molecule has 1 aromatic rings. The predicted octanol–water partition coefficient (Wildman–Crippen LogP) is 2.55. The van der Waals surface area contributed by atoms with E-state index in [0.29, 0.717) is 5.41 Å². The van der Waals surface area contributed by atoms with Gasteiger partial charge >= 0.3 is 0 Å². The zero-order valence-corrected chi connectivity index (χ0v) is 8.80. The summed E-state index contributed by atoms with van der Waals surface area (Å²) in [5.74, 6) is 1.28. The van der Waals surface area contributed by atoms with Gasteiger partial charge in [-0.15, -0.1) is 0 Å². The summed E-state index contributed by atoms with van der Waals surface area (Å²) in [4.78, 5) is 4.54. The van der Waals surface area contributed by atoms with Gasteiger partial charge in [0, 0.05) is 19.2 Å². The lowest BCUT2D eigenvalue weighted by atomic mass is 9.85. The fraction of sp³-hybridized carbons (Fsp3) is 0.727. The first-order valence-corrected chi connectivity index (χ1v) is 5.09. The molecule has 0 radical (unpaired) electrons. The van der Waals surface area contributed by atoms with E-state index in [4.69, 9.17) is 0 Å². The molecule has 1 aliphatic heterocycles. The lowest BCUT2D eigenvalue weighted by Gasteiger charge is -2.20. The highest BCUT2D eigenvalue weighted by Crippen LogP contribution is 2.30. The number of hydrogen-bond acceptors (Lipinski definition) is 1. The summed E-state index contributed by atoms with van der Waals surface area (Å²) in [5.41, 5.74) is 1.66. The summed E-state index contributed by atoms with van der Waals surface area (Å²) in [5, 5.41) is 0. The molecule has 0 spiro atoms. The third-order valence-electron chi connectivity index (χ3n) is 3.03. The number of nitrogens with zero attached hydrogens (tertiary/aromatic N) is 2. The molecule has 2 heteroatoms. The summed E-state index contributed by atoms with van der Waals surface area (Å²) in [7, 11) is 0. The topological polar surface area (TPSA) is 17.8 Å². The van der Waals surface area contributed by atoms with Gasteiger partial charge in [-0.2, -0.15) is 0 Å². The minimum atomic E-state index is 0.495. The molecule has 0 aliphatic carbocycles. The average molecular weight is 178 g/mol. The minimum absolute atomic E-state index is 0.495. The molecule has 0 fully saturated rings. The van der Waals surface area contributed by atoms with Gasteiger partial charge in [0.05, 0.1) is 5.69 Å². The van der Waals surface area contributed by atoms with E-state index < -0.39 is 0 Å². The molecule has 0 unspecified atom stereocenters. The summed E-state index contributed by atoms with van der Waals surface area (Å²) in [6, 6.07) is 0. The van der Waals surface area contributed by atoms with Crippen LogP contribution in [-0.2, 0) is 13.0 Å². The van der Waals surface area contributed by atoms with Crippen molar-refractivity contribution in [1.29, 1.82) is 0 Å². The maximum Gasteiger partial charge on any atom is 0.108 e. The zero-order chi connectivity index (χ0) is 9.47. The Kier molecular flexibility index (Phi) is 1.94. The Labute approximate surface area is 80.0 Å². The SMILES string of the molecule is Cc1cn2c(n1)CCC(C)(C)CC2. The Balaban J connectivity index is 2.24. The molecule has 1 aliphatic rings. The van der Waals surface area contributed by atoms with Gasteiger partial charge in [0.15, 0.2) is 0 Å². The van der Waals surface area contributed by atoms with Crippen LogP contribution in [0.4, 0.5) is 0 Å². The number of aryl methyl sites for hydroxylation is 3. The minimum Gasteiger partial charge on any atom is -0.335 e. The maximum absolute atomic E-state index is 4.54. The van der Waals surface area contributed by atoms with Gasteiger partial charge in [-0.25, -0.2) is 4.98 Å². The third kappa shape index (κ3) is 1.77. The molecular weight excluding hydrogens is 160 g/mol. The van der Waals surface area contributed by atoms with Gasteiger partial charge < -0.3 is 4.57 Å². The Morgan fingerprint density at radius 1 is 1.38 bits per heavy atom. The molecule has 72 valence electrons. The standard InChI is InChI=1S/C11H18N2/c1-9-8-13-7-6-11(2,3)5-4-10(13)12-9/h8H,4-7H2,1-3H3. The van der Waals surface area contributed by atoms with Gasteiger partial charge in [0.1, 0.15) is 5.82 Å². The van der Waals surface area contributed by atoms with Crippen LogP contribution in [0, 0.1) is 12.3 Å². The van der Waals surface area contributed by atoms with Gasteiger partial charge in [0.2, 0.25) is 0 Å². The second-order valence-electron chi connectivity index (χ2n) is 4.91. The second-order valence-corrected chi connectivity index (χ2v) is 4.91. The maximum atomic E-state index is 4.54. The van der Waals surface area contributed by atoms with Gasteiger partial charge in [-0.3, -0.25) is 0 Å². The van der Waals surface area contributed by atoms with Crippen LogP contribution in [0.15, 0.2) is 6.20 Å². The summed E-state index contributed by atoms with van der Waals surface area (Å²) in [6.07, 6.45) is 5.86. The molecule has 0 aromatic carbocycles. The van der Waals surface area contributed by atoms with Crippen molar-refractivity contribution in [2.45, 2.75) is 46.6 Å². The summed E-state index contributed by atoms with van der Waals surface area (Å²) < 4.78 is 2.32. The van der Waals surface area contributed by atoms with Crippen LogP contribution in [0.2, 0.25) is 0 Å². The Hall–Kier alpha value is -0.790. The van der Waals surface area contributed by atoms with Crippen LogP contribution in [0.25, 0.3) is 0 Å². The first kappa shape index (κ1) is 8.79. The first-order chi connectivity index (χ1) is 6.07. The molecule has 0 N–H and O–H groups in total. The molecule has 0 saturated carbocycles. The molecular formula is C11H18N2. The number of rotatable bonds is 0. The third-order valence-corrected chi connectivity index (χ3v) is 3.03. The van der Waals surface area contributed by atoms with E-state index in [1.807, 2.05) is 0 Å². The normalized spacial score (nSPS) is 20.8. The molecule has 2 nitrogen and oxygen atoms in total. The van der Waals surface area contributed by atoms with Crippen LogP contribution < -0.4 is 0 Å². The fourth-order valence-corrected chi connectivity index (χ4v) is 1.99. The van der Waals surface area contributed by atoms with Crippen LogP contribution in [-0.4, -0.2) is 9.55 Å². The van der Waals surface area contributed by atoms with Crippen molar-refractivity contribution in [1.82, 2.24) is 9.55 Å². The molecule has 2 heterocycles. The van der Waals surface area contributed by atoms with Crippen LogP contribution in [0.3, 0.4) is 0 Å². The van der Waals surface area contributed by atoms with Crippen molar-refractivity contribution in [3.05, 3.63) is 17.7 Å². The Morgan fingerprint density at radius 2 is 2.15 bits per heavy atom. The van der Waals surface area contributed by atoms with E-state index in [2.05, 4.69) is 36.5 Å². The van der Waals surface area contributed by atoms with Crippen LogP contribution >= 0.6 is 0 Å². The number of hydrogen-bond donors (Lipinski definition) is 0. The van der Waals surface area contributed by atoms with E-state index >= 15 is 0 Å². The molecule has 13 heavy (non-hydrogen) atoms. The highest BCUT2D eigenvalue weighted by atomic mass is 15.1.